The van der Waals surface area contributed by atoms with Crippen LogP contribution in [0.15, 0.2) is 52.0 Å². The molecule has 0 saturated carbocycles. The smallest absolute Gasteiger partial charge is 0.228 e. The van der Waals surface area contributed by atoms with Crippen LogP contribution in [0.5, 0.6) is 11.5 Å². The summed E-state index contributed by atoms with van der Waals surface area (Å²) >= 11 is 0. The number of hydrogen-bond donors (Lipinski definition) is 2. The summed E-state index contributed by atoms with van der Waals surface area (Å²) in [7, 11) is 0. The molecule has 10 heteroatoms. The van der Waals surface area contributed by atoms with Crippen molar-refractivity contribution in [1.82, 2.24) is 15.5 Å². The van der Waals surface area contributed by atoms with E-state index < -0.39 is 0 Å². The van der Waals surface area contributed by atoms with E-state index in [1.807, 2.05) is 24.3 Å². The van der Waals surface area contributed by atoms with Gasteiger partial charge in [0.25, 0.3) is 0 Å². The lowest BCUT2D eigenvalue weighted by molar-refractivity contribution is 0.297. The Kier molecular flexibility index (Phi) is 9.28. The zero-order valence-corrected chi connectivity index (χ0v) is 20.7. The Bertz CT molecular complexity index is 1080. The molecule has 1 aromatic heterocycles. The van der Waals surface area contributed by atoms with Crippen LogP contribution in [0.2, 0.25) is 0 Å². The number of aromatic nitrogens is 2. The van der Waals surface area contributed by atoms with Gasteiger partial charge in [-0.3, -0.25) is 4.99 Å². The summed E-state index contributed by atoms with van der Waals surface area (Å²) in [4.78, 5) is 8.83. The number of rotatable bonds is 7. The molecule has 2 heterocycles. The highest BCUT2D eigenvalue weighted by molar-refractivity contribution is 14.0. The number of aryl methyl sites for hydroxylation is 1. The Balaban J connectivity index is 0.00000306. The Morgan fingerprint density at radius 1 is 1.09 bits per heavy atom. The Morgan fingerprint density at radius 3 is 2.73 bits per heavy atom. The van der Waals surface area contributed by atoms with Crippen molar-refractivity contribution in [3.8, 4) is 11.5 Å². The van der Waals surface area contributed by atoms with Crippen molar-refractivity contribution in [3.63, 3.8) is 0 Å². The number of nitrogens with one attached hydrogen (secondary N) is 2. The molecule has 0 fully saturated rings. The number of aliphatic imine (C=N–C) groups is 1. The zero-order chi connectivity index (χ0) is 22.2. The molecule has 0 unspecified atom stereocenters. The van der Waals surface area contributed by atoms with Gasteiger partial charge in [-0.2, -0.15) is 4.98 Å². The number of hydrogen-bond acceptors (Lipinski definition) is 6. The second-order valence-corrected chi connectivity index (χ2v) is 7.36. The fourth-order valence-electron chi connectivity index (χ4n) is 3.24. The topological polar surface area (TPSA) is 93.8 Å². The quantitative estimate of drug-likeness (QED) is 0.252. The molecule has 2 aromatic carbocycles. The maximum absolute atomic E-state index is 13.4. The van der Waals surface area contributed by atoms with Crippen LogP contribution < -0.4 is 20.1 Å². The van der Waals surface area contributed by atoms with Gasteiger partial charge in [0.05, 0.1) is 19.8 Å². The van der Waals surface area contributed by atoms with Crippen LogP contribution in [-0.2, 0) is 12.8 Å². The van der Waals surface area contributed by atoms with Crippen LogP contribution in [0.25, 0.3) is 0 Å². The number of benzene rings is 2. The Labute approximate surface area is 209 Å². The summed E-state index contributed by atoms with van der Waals surface area (Å²) < 4.78 is 30.1. The average molecular weight is 567 g/mol. The van der Waals surface area contributed by atoms with Crippen LogP contribution in [0.1, 0.15) is 23.7 Å². The first-order valence-electron chi connectivity index (χ1n) is 10.6. The van der Waals surface area contributed by atoms with E-state index in [9.17, 15) is 4.39 Å². The molecular weight excluding hydrogens is 540 g/mol. The van der Waals surface area contributed by atoms with E-state index >= 15 is 0 Å². The monoisotopic (exact) mass is 567 g/mol. The zero-order valence-electron chi connectivity index (χ0n) is 18.3. The molecule has 0 radical (unpaired) electrons. The van der Waals surface area contributed by atoms with E-state index in [0.717, 1.165) is 23.4 Å². The largest absolute Gasteiger partial charge is 0.490 e. The lowest BCUT2D eigenvalue weighted by Crippen LogP contribution is -2.32. The molecule has 0 aliphatic carbocycles. The predicted octanol–water partition coefficient (Wildman–Crippen LogP) is 4.14. The number of fused-ring (bicyclic) bond motifs is 1. The van der Waals surface area contributed by atoms with E-state index in [-0.39, 0.29) is 29.8 Å². The van der Waals surface area contributed by atoms with Crippen molar-refractivity contribution in [2.75, 3.05) is 31.6 Å². The summed E-state index contributed by atoms with van der Waals surface area (Å²) in [5.74, 6) is 2.93. The second-order valence-electron chi connectivity index (χ2n) is 7.36. The van der Waals surface area contributed by atoms with E-state index in [1.54, 1.807) is 13.0 Å². The highest BCUT2D eigenvalue weighted by Gasteiger charge is 2.12. The van der Waals surface area contributed by atoms with Crippen LogP contribution in [-0.4, -0.2) is 42.4 Å². The van der Waals surface area contributed by atoms with Crippen molar-refractivity contribution in [1.29, 1.82) is 0 Å². The van der Waals surface area contributed by atoms with Crippen molar-refractivity contribution in [2.24, 2.45) is 4.99 Å². The minimum absolute atomic E-state index is 0. The molecule has 1 aliphatic rings. The molecule has 0 atom stereocenters. The maximum Gasteiger partial charge on any atom is 0.228 e. The molecule has 0 bridgehead atoms. The lowest BCUT2D eigenvalue weighted by atomic mass is 10.1. The van der Waals surface area contributed by atoms with Crippen LogP contribution in [0, 0.1) is 12.7 Å². The van der Waals surface area contributed by atoms with Crippen LogP contribution in [0.4, 0.5) is 10.1 Å². The molecule has 3 aromatic rings. The molecule has 2 N–H and O–H groups in total. The van der Waals surface area contributed by atoms with Crippen LogP contribution in [0.3, 0.4) is 0 Å². The number of anilines is 1. The first kappa shape index (κ1) is 24.7. The van der Waals surface area contributed by atoms with Gasteiger partial charge in [-0.25, -0.2) is 4.39 Å². The predicted molar refractivity (Wildman–Crippen MR) is 134 cm³/mol. The van der Waals surface area contributed by atoms with E-state index in [0.29, 0.717) is 62.6 Å². The summed E-state index contributed by atoms with van der Waals surface area (Å²) in [6.07, 6.45) is 2.03. The van der Waals surface area contributed by atoms with E-state index in [4.69, 9.17) is 14.0 Å². The third kappa shape index (κ3) is 7.58. The van der Waals surface area contributed by atoms with Gasteiger partial charge in [0.1, 0.15) is 5.82 Å². The Morgan fingerprint density at radius 2 is 1.94 bits per heavy atom. The van der Waals surface area contributed by atoms with Crippen molar-refractivity contribution >= 4 is 35.6 Å². The van der Waals surface area contributed by atoms with Crippen LogP contribution >= 0.6 is 24.0 Å². The third-order valence-electron chi connectivity index (χ3n) is 4.77. The lowest BCUT2D eigenvalue weighted by Gasteiger charge is -2.14. The van der Waals surface area contributed by atoms with E-state index in [2.05, 4.69) is 25.8 Å². The summed E-state index contributed by atoms with van der Waals surface area (Å²) in [6, 6.07) is 12.3. The molecule has 8 nitrogen and oxygen atoms in total. The molecule has 176 valence electrons. The van der Waals surface area contributed by atoms with Gasteiger partial charge >= 0.3 is 0 Å². The van der Waals surface area contributed by atoms with Crippen molar-refractivity contribution in [2.45, 2.75) is 26.2 Å². The normalized spacial score (nSPS) is 13.1. The van der Waals surface area contributed by atoms with Gasteiger partial charge in [-0.15, -0.1) is 24.0 Å². The molecule has 0 spiro atoms. The molecule has 4 rings (SSSR count). The fraction of sp³-hybridized carbons (Fsp3) is 0.348. The van der Waals surface area contributed by atoms with Gasteiger partial charge in [-0.1, -0.05) is 17.3 Å². The van der Waals surface area contributed by atoms with Gasteiger partial charge in [0.15, 0.2) is 23.3 Å². The highest BCUT2D eigenvalue weighted by atomic mass is 127. The summed E-state index contributed by atoms with van der Waals surface area (Å²) in [5, 5.41) is 10.4. The molecule has 0 amide bonds. The van der Waals surface area contributed by atoms with Gasteiger partial charge in [-0.05, 0) is 43.2 Å². The number of nitrogens with zero attached hydrogens (tertiary/aromatic N) is 3. The highest BCUT2D eigenvalue weighted by Crippen LogP contribution is 2.32. The van der Waals surface area contributed by atoms with Gasteiger partial charge < -0.3 is 24.6 Å². The molecular formula is C23H27FIN5O3. The minimum atomic E-state index is -0.239. The Hall–Kier alpha value is -2.89. The van der Waals surface area contributed by atoms with Crippen molar-refractivity contribution < 1.29 is 18.4 Å². The SMILES string of the molecule is Cc1noc(CCN=C(NCCc2cccc(F)c2)Nc2ccc3c(c2)OCCCO3)n1.I. The second kappa shape index (κ2) is 12.4. The number of halogens is 2. The van der Waals surface area contributed by atoms with E-state index in [1.165, 1.54) is 12.1 Å². The molecule has 33 heavy (non-hydrogen) atoms. The number of ether oxygens (including phenoxy) is 2. The van der Waals surface area contributed by atoms with Gasteiger partial charge in [0.2, 0.25) is 5.89 Å². The minimum Gasteiger partial charge on any atom is -0.490 e. The number of guanidine groups is 1. The standard InChI is InChI=1S/C23H26FN5O3.HI/c1-16-27-22(32-29-16)9-11-26-23(25-10-8-17-4-2-5-18(24)14-17)28-19-6-7-20-21(15-19)31-13-3-12-30-20;/h2,4-7,14-15H,3,8-13H2,1H3,(H2,25,26,28);1H. The summed E-state index contributed by atoms with van der Waals surface area (Å²) in [5.41, 5.74) is 1.73. The van der Waals surface area contributed by atoms with Gasteiger partial charge in [0, 0.05) is 31.1 Å². The first-order chi connectivity index (χ1) is 15.7. The van der Waals surface area contributed by atoms with Crippen molar-refractivity contribution in [3.05, 3.63) is 65.6 Å². The third-order valence-corrected chi connectivity index (χ3v) is 4.77. The molecule has 1 aliphatic heterocycles. The first-order valence-corrected chi connectivity index (χ1v) is 10.6. The summed E-state index contributed by atoms with van der Waals surface area (Å²) in [6.45, 7) is 4.08. The molecule has 0 saturated heterocycles. The average Bonchev–Trinajstić information content (AvgIpc) is 3.05. The fourth-order valence-corrected chi connectivity index (χ4v) is 3.24. The maximum atomic E-state index is 13.4.